The van der Waals surface area contributed by atoms with Crippen molar-refractivity contribution in [2.24, 2.45) is 0 Å². The van der Waals surface area contributed by atoms with E-state index in [9.17, 15) is 5.11 Å². The van der Waals surface area contributed by atoms with E-state index in [4.69, 9.17) is 17.0 Å². The van der Waals surface area contributed by atoms with Gasteiger partial charge in [-0.2, -0.15) is 0 Å². The molecule has 28 heavy (non-hydrogen) atoms. The summed E-state index contributed by atoms with van der Waals surface area (Å²) >= 11 is 7.51. The van der Waals surface area contributed by atoms with E-state index >= 15 is 0 Å². The monoisotopic (exact) mass is 409 g/mol. The largest absolute Gasteiger partial charge is 0.510 e. The Morgan fingerprint density at radius 3 is 2.75 bits per heavy atom. The van der Waals surface area contributed by atoms with Crippen LogP contribution in [0.25, 0.3) is 16.8 Å². The van der Waals surface area contributed by atoms with E-state index in [2.05, 4.69) is 17.1 Å². The van der Waals surface area contributed by atoms with E-state index in [1.807, 2.05) is 52.7 Å². The van der Waals surface area contributed by atoms with Crippen molar-refractivity contribution in [1.82, 2.24) is 9.88 Å². The van der Waals surface area contributed by atoms with Crippen molar-refractivity contribution in [2.75, 3.05) is 13.1 Å². The number of benzene rings is 2. The van der Waals surface area contributed by atoms with Gasteiger partial charge in [-0.3, -0.25) is 5.41 Å². The van der Waals surface area contributed by atoms with Crippen LogP contribution in [-0.2, 0) is 6.42 Å². The number of rotatable bonds is 6. The summed E-state index contributed by atoms with van der Waals surface area (Å²) in [4.78, 5) is 6.55. The fourth-order valence-corrected chi connectivity index (χ4v) is 4.42. The number of aryl methyl sites for hydroxylation is 1. The second-order valence-corrected chi connectivity index (χ2v) is 8.02. The highest BCUT2D eigenvalue weighted by Gasteiger charge is 2.29. The number of amidine groups is 1. The van der Waals surface area contributed by atoms with Crippen LogP contribution in [0, 0.1) is 5.41 Å². The van der Waals surface area contributed by atoms with Crippen molar-refractivity contribution >= 4 is 34.3 Å². The Bertz CT molecular complexity index is 1030. The molecule has 0 saturated carbocycles. The number of nitrogens with zero attached hydrogens (tertiary/aromatic N) is 2. The first kappa shape index (κ1) is 18.7. The molecule has 0 aliphatic carbocycles. The number of halogens is 1. The van der Waals surface area contributed by atoms with Crippen LogP contribution in [0.3, 0.4) is 0 Å². The second kappa shape index (κ2) is 8.17. The topological polar surface area (TPSA) is 60.2 Å². The van der Waals surface area contributed by atoms with Gasteiger partial charge in [0.05, 0.1) is 17.8 Å². The Labute approximate surface area is 173 Å². The van der Waals surface area contributed by atoms with Gasteiger partial charge in [0.25, 0.3) is 0 Å². The molecular weight excluding hydrogens is 390 g/mol. The maximum atomic E-state index is 10.5. The molecule has 0 amide bonds. The molecule has 0 unspecified atom stereocenters. The predicted octanol–water partition coefficient (Wildman–Crippen LogP) is 5.66. The molecule has 1 aliphatic rings. The van der Waals surface area contributed by atoms with E-state index in [1.54, 1.807) is 0 Å². The highest BCUT2D eigenvalue weighted by molar-refractivity contribution is 7.11. The third-order valence-electron chi connectivity index (χ3n) is 4.76. The molecule has 142 valence electrons. The first-order chi connectivity index (χ1) is 13.6. The standard InChI is InChI=1S/C22H20ClN3OS/c23-17-10-4-9-16(12-17)18-14-28-22(25-18)20-19(27)13-26(21(20)24)11-5-8-15-6-2-1-3-7-15/h1-4,6-7,9-10,12,14,24,27H,5,8,11,13H2. The Hall–Kier alpha value is -2.63. The summed E-state index contributed by atoms with van der Waals surface area (Å²) in [5.74, 6) is 0.564. The first-order valence-corrected chi connectivity index (χ1v) is 10.4. The number of aliphatic hydroxyl groups excluding tert-OH is 1. The Balaban J connectivity index is 1.44. The van der Waals surface area contributed by atoms with Gasteiger partial charge in [0.1, 0.15) is 16.6 Å². The third-order valence-corrected chi connectivity index (χ3v) is 5.85. The van der Waals surface area contributed by atoms with Crippen molar-refractivity contribution in [3.63, 3.8) is 0 Å². The molecule has 4 nitrogen and oxygen atoms in total. The molecule has 0 radical (unpaired) electrons. The lowest BCUT2D eigenvalue weighted by Crippen LogP contribution is -2.28. The molecule has 0 bridgehead atoms. The van der Waals surface area contributed by atoms with Gasteiger partial charge >= 0.3 is 0 Å². The Morgan fingerprint density at radius 1 is 1.14 bits per heavy atom. The lowest BCUT2D eigenvalue weighted by Gasteiger charge is -2.18. The normalized spacial score (nSPS) is 14.2. The minimum absolute atomic E-state index is 0.219. The summed E-state index contributed by atoms with van der Waals surface area (Å²) in [6, 6.07) is 17.9. The fraction of sp³-hybridized carbons (Fsp3) is 0.182. The number of hydrogen-bond donors (Lipinski definition) is 2. The molecule has 0 saturated heterocycles. The smallest absolute Gasteiger partial charge is 0.135 e. The maximum Gasteiger partial charge on any atom is 0.135 e. The summed E-state index contributed by atoms with van der Waals surface area (Å²) in [7, 11) is 0. The molecule has 4 rings (SSSR count). The highest BCUT2D eigenvalue weighted by Crippen LogP contribution is 2.32. The van der Waals surface area contributed by atoms with Gasteiger partial charge in [-0.25, -0.2) is 4.98 Å². The van der Waals surface area contributed by atoms with Gasteiger partial charge in [0.2, 0.25) is 0 Å². The lowest BCUT2D eigenvalue weighted by molar-refractivity contribution is 0.347. The summed E-state index contributed by atoms with van der Waals surface area (Å²) in [5, 5.41) is 22.2. The number of thiazole rings is 1. The average molecular weight is 410 g/mol. The summed E-state index contributed by atoms with van der Waals surface area (Å²) < 4.78 is 0. The molecule has 0 spiro atoms. The maximum absolute atomic E-state index is 10.5. The van der Waals surface area contributed by atoms with E-state index in [-0.39, 0.29) is 5.76 Å². The quantitative estimate of drug-likeness (QED) is 0.552. The zero-order chi connectivity index (χ0) is 19.5. The third kappa shape index (κ3) is 3.96. The summed E-state index contributed by atoms with van der Waals surface area (Å²) in [5.41, 5.74) is 3.56. The van der Waals surface area contributed by atoms with E-state index < -0.39 is 0 Å². The zero-order valence-electron chi connectivity index (χ0n) is 15.2. The van der Waals surface area contributed by atoms with Crippen LogP contribution < -0.4 is 0 Å². The number of nitrogens with one attached hydrogen (secondary N) is 1. The van der Waals surface area contributed by atoms with Gasteiger partial charge in [0, 0.05) is 22.5 Å². The Kier molecular flexibility index (Phi) is 5.46. The lowest BCUT2D eigenvalue weighted by atomic mass is 10.1. The molecule has 3 aromatic rings. The Morgan fingerprint density at radius 2 is 1.96 bits per heavy atom. The van der Waals surface area contributed by atoms with Crippen molar-refractivity contribution < 1.29 is 5.11 Å². The van der Waals surface area contributed by atoms with Crippen molar-refractivity contribution in [3.8, 4) is 11.3 Å². The van der Waals surface area contributed by atoms with Crippen LogP contribution in [0.5, 0.6) is 0 Å². The minimum atomic E-state index is 0.219. The predicted molar refractivity (Wildman–Crippen MR) is 116 cm³/mol. The van der Waals surface area contributed by atoms with Crippen LogP contribution in [0.4, 0.5) is 0 Å². The van der Waals surface area contributed by atoms with Crippen LogP contribution in [0.1, 0.15) is 17.0 Å². The van der Waals surface area contributed by atoms with Gasteiger partial charge in [-0.15, -0.1) is 11.3 Å². The molecule has 1 aliphatic heterocycles. The van der Waals surface area contributed by atoms with Crippen LogP contribution in [0.15, 0.2) is 65.7 Å². The van der Waals surface area contributed by atoms with Crippen molar-refractivity contribution in [2.45, 2.75) is 12.8 Å². The molecular formula is C22H20ClN3OS. The van der Waals surface area contributed by atoms with Crippen LogP contribution in [-0.4, -0.2) is 33.9 Å². The fourth-order valence-electron chi connectivity index (χ4n) is 3.34. The molecule has 2 heterocycles. The van der Waals surface area contributed by atoms with Gasteiger partial charge < -0.3 is 10.0 Å². The van der Waals surface area contributed by atoms with Crippen LogP contribution in [0.2, 0.25) is 5.02 Å². The van der Waals surface area contributed by atoms with Crippen LogP contribution >= 0.6 is 22.9 Å². The average Bonchev–Trinajstić information content (AvgIpc) is 3.27. The van der Waals surface area contributed by atoms with Gasteiger partial charge in [0.15, 0.2) is 0 Å². The van der Waals surface area contributed by atoms with E-state index in [1.165, 1.54) is 16.9 Å². The molecule has 0 fully saturated rings. The van der Waals surface area contributed by atoms with E-state index in [0.717, 1.165) is 30.6 Å². The number of aliphatic hydroxyl groups is 1. The van der Waals surface area contributed by atoms with E-state index in [0.29, 0.717) is 28.0 Å². The van der Waals surface area contributed by atoms with Gasteiger partial charge in [-0.05, 0) is 30.5 Å². The SMILES string of the molecule is N=C1C(c2nc(-c3cccc(Cl)c3)cs2)=C(O)CN1CCCc1ccccc1. The second-order valence-electron chi connectivity index (χ2n) is 6.73. The number of hydrogen-bond acceptors (Lipinski definition) is 4. The summed E-state index contributed by atoms with van der Waals surface area (Å²) in [6.07, 6.45) is 1.88. The molecule has 1 aromatic heterocycles. The number of aromatic nitrogens is 1. The molecule has 0 atom stereocenters. The molecule has 6 heteroatoms. The summed E-state index contributed by atoms with van der Waals surface area (Å²) in [6.45, 7) is 1.10. The zero-order valence-corrected chi connectivity index (χ0v) is 16.8. The molecule has 2 N–H and O–H groups in total. The minimum Gasteiger partial charge on any atom is -0.510 e. The van der Waals surface area contributed by atoms with Crippen molar-refractivity contribution in [3.05, 3.63) is 81.3 Å². The molecule has 2 aromatic carbocycles. The highest BCUT2D eigenvalue weighted by atomic mass is 35.5. The first-order valence-electron chi connectivity index (χ1n) is 9.13. The van der Waals surface area contributed by atoms with Crippen molar-refractivity contribution in [1.29, 1.82) is 5.41 Å². The van der Waals surface area contributed by atoms with Gasteiger partial charge in [-0.1, -0.05) is 54.1 Å².